The van der Waals surface area contributed by atoms with Gasteiger partial charge in [-0.3, -0.25) is 4.90 Å². The average Bonchev–Trinajstić information content (AvgIpc) is 2.60. The maximum Gasteiger partial charge on any atom is 0.0767 e. The molecule has 1 aliphatic rings. The van der Waals surface area contributed by atoms with Crippen LogP contribution < -0.4 is 0 Å². The van der Waals surface area contributed by atoms with Gasteiger partial charge >= 0.3 is 0 Å². The number of ether oxygens (including phenoxy) is 2. The molecule has 16 heavy (non-hydrogen) atoms. The van der Waals surface area contributed by atoms with Crippen molar-refractivity contribution >= 4 is 0 Å². The van der Waals surface area contributed by atoms with Gasteiger partial charge in [-0.05, 0) is 40.7 Å². The summed E-state index contributed by atoms with van der Waals surface area (Å²) in [6.07, 6.45) is 2.02. The fourth-order valence-electron chi connectivity index (χ4n) is 2.72. The molecule has 0 saturated carbocycles. The summed E-state index contributed by atoms with van der Waals surface area (Å²) in [6.45, 7) is 13.7. The van der Waals surface area contributed by atoms with E-state index >= 15 is 0 Å². The van der Waals surface area contributed by atoms with E-state index in [2.05, 4.69) is 39.5 Å². The summed E-state index contributed by atoms with van der Waals surface area (Å²) in [4.78, 5) is 2.48. The highest BCUT2D eigenvalue weighted by Crippen LogP contribution is 2.25. The molecule has 3 atom stereocenters. The van der Waals surface area contributed by atoms with E-state index in [0.29, 0.717) is 12.1 Å². The lowest BCUT2D eigenvalue weighted by Crippen LogP contribution is -2.46. The van der Waals surface area contributed by atoms with Crippen molar-refractivity contribution in [2.24, 2.45) is 0 Å². The Morgan fingerprint density at radius 1 is 1.25 bits per heavy atom. The second-order valence-corrected chi connectivity index (χ2v) is 4.79. The van der Waals surface area contributed by atoms with Crippen LogP contribution in [0, 0.1) is 0 Å². The van der Waals surface area contributed by atoms with E-state index in [9.17, 15) is 0 Å². The lowest BCUT2D eigenvalue weighted by molar-refractivity contribution is -0.0657. The highest BCUT2D eigenvalue weighted by atomic mass is 16.5. The third kappa shape index (κ3) is 3.44. The first-order valence-electron chi connectivity index (χ1n) is 6.61. The normalized spacial score (nSPS) is 28.9. The molecule has 0 aliphatic carbocycles. The minimum Gasteiger partial charge on any atom is -0.377 e. The Bertz CT molecular complexity index is 196. The van der Waals surface area contributed by atoms with Crippen LogP contribution in [0.5, 0.6) is 0 Å². The van der Waals surface area contributed by atoms with E-state index in [1.807, 2.05) is 0 Å². The molecule has 0 aromatic carbocycles. The molecule has 1 rings (SSSR count). The van der Waals surface area contributed by atoms with Gasteiger partial charge in [0.15, 0.2) is 0 Å². The van der Waals surface area contributed by atoms with Crippen molar-refractivity contribution in [3.8, 4) is 0 Å². The lowest BCUT2D eigenvalue weighted by Gasteiger charge is -2.33. The minimum absolute atomic E-state index is 0.249. The summed E-state index contributed by atoms with van der Waals surface area (Å²) >= 11 is 0. The van der Waals surface area contributed by atoms with Gasteiger partial charge in [0.1, 0.15) is 0 Å². The van der Waals surface area contributed by atoms with Gasteiger partial charge in [0.25, 0.3) is 0 Å². The molecule has 0 spiro atoms. The Kier molecular flexibility index (Phi) is 5.73. The van der Waals surface area contributed by atoms with Gasteiger partial charge in [0.05, 0.1) is 24.4 Å². The van der Waals surface area contributed by atoms with Crippen LogP contribution in [-0.2, 0) is 9.47 Å². The van der Waals surface area contributed by atoms with Crippen molar-refractivity contribution in [3.63, 3.8) is 0 Å². The van der Waals surface area contributed by atoms with E-state index < -0.39 is 0 Å². The molecule has 1 aliphatic heterocycles. The third-order valence-electron chi connectivity index (χ3n) is 3.26. The van der Waals surface area contributed by atoms with Crippen LogP contribution in [-0.4, -0.2) is 49.0 Å². The maximum atomic E-state index is 5.92. The maximum absolute atomic E-state index is 5.92. The van der Waals surface area contributed by atoms with Crippen molar-refractivity contribution in [1.29, 1.82) is 0 Å². The van der Waals surface area contributed by atoms with Crippen molar-refractivity contribution in [2.45, 2.75) is 65.4 Å². The number of nitrogens with zero attached hydrogens (tertiary/aromatic N) is 1. The first-order chi connectivity index (χ1) is 7.60. The second kappa shape index (κ2) is 6.58. The van der Waals surface area contributed by atoms with Crippen molar-refractivity contribution in [1.82, 2.24) is 4.90 Å². The predicted octanol–water partition coefficient (Wildman–Crippen LogP) is 2.30. The van der Waals surface area contributed by atoms with Crippen molar-refractivity contribution in [3.05, 3.63) is 0 Å². The van der Waals surface area contributed by atoms with E-state index in [-0.39, 0.29) is 12.2 Å². The molecule has 0 radical (unpaired) electrons. The quantitative estimate of drug-likeness (QED) is 0.697. The molecule has 3 nitrogen and oxygen atoms in total. The number of likely N-dealkylation sites (tertiary alicyclic amines) is 1. The number of rotatable bonds is 6. The molecule has 1 heterocycles. The van der Waals surface area contributed by atoms with Gasteiger partial charge in [-0.15, -0.1) is 0 Å². The van der Waals surface area contributed by atoms with Gasteiger partial charge in [0, 0.05) is 13.2 Å². The summed E-state index contributed by atoms with van der Waals surface area (Å²) in [5, 5.41) is 0. The smallest absolute Gasteiger partial charge is 0.0767 e. The van der Waals surface area contributed by atoms with Crippen molar-refractivity contribution in [2.75, 3.05) is 19.7 Å². The van der Waals surface area contributed by atoms with Crippen LogP contribution in [0.2, 0.25) is 0 Å². The van der Waals surface area contributed by atoms with Gasteiger partial charge in [-0.2, -0.15) is 0 Å². The van der Waals surface area contributed by atoms with Crippen LogP contribution in [0.4, 0.5) is 0 Å². The molecule has 1 fully saturated rings. The summed E-state index contributed by atoms with van der Waals surface area (Å²) in [7, 11) is 0. The van der Waals surface area contributed by atoms with Gasteiger partial charge < -0.3 is 9.47 Å². The average molecular weight is 229 g/mol. The fraction of sp³-hybridized carbons (Fsp3) is 1.00. The molecular weight excluding hydrogens is 202 g/mol. The molecule has 0 aromatic heterocycles. The topological polar surface area (TPSA) is 21.7 Å². The summed E-state index contributed by atoms with van der Waals surface area (Å²) in [6, 6.07) is 0.423. The highest BCUT2D eigenvalue weighted by Gasteiger charge is 2.38. The fourth-order valence-corrected chi connectivity index (χ4v) is 2.72. The molecule has 96 valence electrons. The molecule has 0 aromatic rings. The Balaban J connectivity index is 2.61. The first-order valence-corrected chi connectivity index (χ1v) is 6.61. The standard InChI is InChI=1S/C13H27NO2/c1-6-14-9-8-12(15-7-2)13(14)11(5)16-10(3)4/h10-13H,6-9H2,1-5H3/t11-,12-,13+/m0/s1. The zero-order valence-electron chi connectivity index (χ0n) is 11.4. The van der Waals surface area contributed by atoms with Crippen LogP contribution in [0.1, 0.15) is 41.0 Å². The molecule has 1 saturated heterocycles. The van der Waals surface area contributed by atoms with Crippen LogP contribution in [0.25, 0.3) is 0 Å². The third-order valence-corrected chi connectivity index (χ3v) is 3.26. The van der Waals surface area contributed by atoms with Gasteiger partial charge in [-0.1, -0.05) is 6.92 Å². The van der Waals surface area contributed by atoms with Gasteiger partial charge in [-0.25, -0.2) is 0 Å². The SMILES string of the molecule is CCO[C@H]1CCN(CC)[C@@H]1[C@H](C)OC(C)C. The summed E-state index contributed by atoms with van der Waals surface area (Å²) < 4.78 is 11.7. The van der Waals surface area contributed by atoms with E-state index in [4.69, 9.17) is 9.47 Å². The largest absolute Gasteiger partial charge is 0.377 e. The number of hydrogen-bond acceptors (Lipinski definition) is 3. The zero-order valence-corrected chi connectivity index (χ0v) is 11.4. The molecule has 0 amide bonds. The van der Waals surface area contributed by atoms with E-state index in [0.717, 1.165) is 26.1 Å². The summed E-state index contributed by atoms with van der Waals surface area (Å²) in [5.74, 6) is 0. The highest BCUT2D eigenvalue weighted by molar-refractivity contribution is 4.91. The minimum atomic E-state index is 0.249. The Morgan fingerprint density at radius 3 is 2.44 bits per heavy atom. The molecule has 0 N–H and O–H groups in total. The Hall–Kier alpha value is -0.120. The first kappa shape index (κ1) is 13.9. The van der Waals surface area contributed by atoms with E-state index in [1.165, 1.54) is 0 Å². The second-order valence-electron chi connectivity index (χ2n) is 4.79. The van der Waals surface area contributed by atoms with Crippen LogP contribution >= 0.6 is 0 Å². The van der Waals surface area contributed by atoms with Crippen molar-refractivity contribution < 1.29 is 9.47 Å². The monoisotopic (exact) mass is 229 g/mol. The zero-order chi connectivity index (χ0) is 12.1. The molecule has 0 bridgehead atoms. The van der Waals surface area contributed by atoms with E-state index in [1.54, 1.807) is 0 Å². The predicted molar refractivity (Wildman–Crippen MR) is 66.7 cm³/mol. The number of hydrogen-bond donors (Lipinski definition) is 0. The Labute approximate surface area is 100 Å². The van der Waals surface area contributed by atoms with Crippen LogP contribution in [0.15, 0.2) is 0 Å². The lowest BCUT2D eigenvalue weighted by atomic mass is 10.1. The molecular formula is C13H27NO2. The van der Waals surface area contributed by atoms with Gasteiger partial charge in [0.2, 0.25) is 0 Å². The van der Waals surface area contributed by atoms with Crippen LogP contribution in [0.3, 0.4) is 0 Å². The summed E-state index contributed by atoms with van der Waals surface area (Å²) in [5.41, 5.74) is 0. The molecule has 3 heteroatoms. The molecule has 0 unspecified atom stereocenters. The Morgan fingerprint density at radius 2 is 1.94 bits per heavy atom. The number of likely N-dealkylation sites (N-methyl/N-ethyl adjacent to an activating group) is 1.